The summed E-state index contributed by atoms with van der Waals surface area (Å²) in [4.78, 5) is 13.4. The molecule has 0 unspecified atom stereocenters. The first-order valence-corrected chi connectivity index (χ1v) is 14.3. The predicted octanol–water partition coefficient (Wildman–Crippen LogP) is 4.68. The molecule has 1 fully saturated rings. The molecule has 3 aromatic rings. The van der Waals surface area contributed by atoms with E-state index >= 15 is 0 Å². The Labute approximate surface area is 191 Å². The number of carboxylic acid groups (broad SMARTS) is 1. The van der Waals surface area contributed by atoms with Crippen LogP contribution in [0, 0.1) is 6.92 Å². The molecular formula is C23H22O6S3. The van der Waals surface area contributed by atoms with Crippen molar-refractivity contribution in [3.05, 3.63) is 70.1 Å². The minimum atomic E-state index is -3.94. The largest absolute Gasteiger partial charge is 0.478 e. The Morgan fingerprint density at radius 1 is 1.03 bits per heavy atom. The van der Waals surface area contributed by atoms with Crippen molar-refractivity contribution in [2.45, 2.75) is 41.2 Å². The molecule has 0 aliphatic heterocycles. The molecule has 0 saturated heterocycles. The summed E-state index contributed by atoms with van der Waals surface area (Å²) in [7, 11) is -7.48. The molecule has 1 aromatic heterocycles. The molecule has 32 heavy (non-hydrogen) atoms. The van der Waals surface area contributed by atoms with Gasteiger partial charge in [0.15, 0.2) is 19.7 Å². The second-order valence-electron chi connectivity index (χ2n) is 8.09. The molecule has 1 aliphatic rings. The number of carboxylic acids is 1. The Morgan fingerprint density at radius 3 is 2.31 bits per heavy atom. The number of carbonyl (C=O) groups is 1. The lowest BCUT2D eigenvalue weighted by Crippen LogP contribution is -2.11. The normalized spacial score (nSPS) is 14.4. The van der Waals surface area contributed by atoms with E-state index in [1.165, 1.54) is 35.6 Å². The summed E-state index contributed by atoms with van der Waals surface area (Å²) in [6.07, 6.45) is 2.80. The van der Waals surface area contributed by atoms with E-state index in [1.807, 2.05) is 19.1 Å². The molecule has 0 bridgehead atoms. The summed E-state index contributed by atoms with van der Waals surface area (Å²) in [5.74, 6) is -1.52. The molecule has 0 radical (unpaired) electrons. The minimum absolute atomic E-state index is 0.0120. The Morgan fingerprint density at radius 2 is 1.75 bits per heavy atom. The van der Waals surface area contributed by atoms with E-state index in [9.17, 15) is 26.7 Å². The fourth-order valence-electron chi connectivity index (χ4n) is 3.69. The maximum atomic E-state index is 13.5. The van der Waals surface area contributed by atoms with Gasteiger partial charge in [-0.25, -0.2) is 21.6 Å². The molecule has 0 atom stereocenters. The number of benzene rings is 2. The highest BCUT2D eigenvalue weighted by Crippen LogP contribution is 2.44. The standard InChI is InChI=1S/C23H22O6S3/c1-14-3-10-21(30-14)19-9-7-18(31(2,26)27)11-17(19)13-32(28,29)22-12-16(23(24)25)6-8-20(22)15-4-5-15/h3,6-12,15H,4-5,13H2,1-2H3,(H,24,25). The predicted molar refractivity (Wildman–Crippen MR) is 124 cm³/mol. The number of thiophene rings is 1. The van der Waals surface area contributed by atoms with Crippen LogP contribution in [0.2, 0.25) is 0 Å². The van der Waals surface area contributed by atoms with Gasteiger partial charge in [0.2, 0.25) is 0 Å². The summed E-state index contributed by atoms with van der Waals surface area (Å²) < 4.78 is 51.3. The average molecular weight is 491 g/mol. The van der Waals surface area contributed by atoms with Crippen LogP contribution in [0.15, 0.2) is 58.3 Å². The zero-order valence-corrected chi connectivity index (χ0v) is 20.0. The van der Waals surface area contributed by atoms with Crippen molar-refractivity contribution >= 4 is 37.0 Å². The van der Waals surface area contributed by atoms with E-state index in [1.54, 1.807) is 12.1 Å². The summed E-state index contributed by atoms with van der Waals surface area (Å²) in [6.45, 7) is 1.94. The van der Waals surface area contributed by atoms with Crippen molar-refractivity contribution in [2.24, 2.45) is 0 Å². The van der Waals surface area contributed by atoms with E-state index in [-0.39, 0.29) is 21.3 Å². The van der Waals surface area contributed by atoms with Gasteiger partial charge in [-0.3, -0.25) is 0 Å². The van der Waals surface area contributed by atoms with Crippen LogP contribution in [0.4, 0.5) is 0 Å². The van der Waals surface area contributed by atoms with Crippen molar-refractivity contribution in [2.75, 3.05) is 6.26 Å². The van der Waals surface area contributed by atoms with Gasteiger partial charge in [0, 0.05) is 16.0 Å². The lowest BCUT2D eigenvalue weighted by Gasteiger charge is -2.14. The summed E-state index contributed by atoms with van der Waals surface area (Å²) >= 11 is 1.49. The molecule has 168 valence electrons. The van der Waals surface area contributed by atoms with Crippen LogP contribution in [-0.4, -0.2) is 34.2 Å². The van der Waals surface area contributed by atoms with Crippen LogP contribution in [0.1, 0.15) is 45.1 Å². The number of sulfone groups is 2. The van der Waals surface area contributed by atoms with E-state index < -0.39 is 31.4 Å². The second kappa shape index (κ2) is 8.13. The van der Waals surface area contributed by atoms with Gasteiger partial charge in [-0.2, -0.15) is 0 Å². The second-order valence-corrected chi connectivity index (χ2v) is 13.4. The van der Waals surface area contributed by atoms with Crippen molar-refractivity contribution in [1.29, 1.82) is 0 Å². The highest BCUT2D eigenvalue weighted by atomic mass is 32.2. The molecule has 4 rings (SSSR count). The van der Waals surface area contributed by atoms with Gasteiger partial charge in [-0.1, -0.05) is 12.1 Å². The fraction of sp³-hybridized carbons (Fsp3) is 0.261. The zero-order valence-electron chi connectivity index (χ0n) is 17.5. The number of aromatic carboxylic acids is 1. The molecule has 1 heterocycles. The van der Waals surface area contributed by atoms with E-state index in [0.29, 0.717) is 16.7 Å². The number of hydrogen-bond acceptors (Lipinski definition) is 6. The molecule has 0 spiro atoms. The Balaban J connectivity index is 1.86. The van der Waals surface area contributed by atoms with Gasteiger partial charge in [-0.05, 0) is 78.8 Å². The first-order chi connectivity index (χ1) is 15.0. The minimum Gasteiger partial charge on any atom is -0.478 e. The van der Waals surface area contributed by atoms with Crippen LogP contribution < -0.4 is 0 Å². The van der Waals surface area contributed by atoms with Gasteiger partial charge in [0.1, 0.15) is 0 Å². The quantitative estimate of drug-likeness (QED) is 0.516. The van der Waals surface area contributed by atoms with Crippen LogP contribution >= 0.6 is 11.3 Å². The lowest BCUT2D eigenvalue weighted by molar-refractivity contribution is 0.0696. The average Bonchev–Trinajstić information content (AvgIpc) is 3.47. The third-order valence-corrected chi connectivity index (χ3v) is 9.33. The molecule has 1 aliphatic carbocycles. The Bertz CT molecular complexity index is 1430. The Kier molecular flexibility index (Phi) is 5.77. The maximum Gasteiger partial charge on any atom is 0.335 e. The maximum absolute atomic E-state index is 13.5. The summed E-state index contributed by atoms with van der Waals surface area (Å²) in [5, 5.41) is 9.37. The lowest BCUT2D eigenvalue weighted by atomic mass is 10.1. The van der Waals surface area contributed by atoms with Crippen LogP contribution in [0.5, 0.6) is 0 Å². The molecular weight excluding hydrogens is 468 g/mol. The number of hydrogen-bond donors (Lipinski definition) is 1. The van der Waals surface area contributed by atoms with Gasteiger partial charge in [0.25, 0.3) is 0 Å². The van der Waals surface area contributed by atoms with Crippen LogP contribution in [-0.2, 0) is 25.4 Å². The molecule has 6 nitrogen and oxygen atoms in total. The van der Waals surface area contributed by atoms with Gasteiger partial charge >= 0.3 is 5.97 Å². The Hall–Kier alpha value is -2.49. The third kappa shape index (κ3) is 4.65. The van der Waals surface area contributed by atoms with Crippen molar-refractivity contribution in [1.82, 2.24) is 0 Å². The smallest absolute Gasteiger partial charge is 0.335 e. The van der Waals surface area contributed by atoms with Crippen LogP contribution in [0.25, 0.3) is 10.4 Å². The van der Waals surface area contributed by atoms with Crippen molar-refractivity contribution < 1.29 is 26.7 Å². The molecule has 1 N–H and O–H groups in total. The van der Waals surface area contributed by atoms with Crippen molar-refractivity contribution in [3.63, 3.8) is 0 Å². The summed E-state index contributed by atoms with van der Waals surface area (Å²) in [6, 6.07) is 12.6. The number of rotatable bonds is 7. The van der Waals surface area contributed by atoms with E-state index in [2.05, 4.69) is 0 Å². The zero-order chi connectivity index (χ0) is 23.3. The van der Waals surface area contributed by atoms with E-state index in [0.717, 1.165) is 28.9 Å². The first kappa shape index (κ1) is 22.7. The molecule has 2 aromatic carbocycles. The van der Waals surface area contributed by atoms with Gasteiger partial charge in [0.05, 0.1) is 21.1 Å². The fourth-order valence-corrected chi connectivity index (χ4v) is 6.99. The van der Waals surface area contributed by atoms with Crippen LogP contribution in [0.3, 0.4) is 0 Å². The summed E-state index contributed by atoms with van der Waals surface area (Å²) in [5.41, 5.74) is 1.56. The number of aryl methyl sites for hydroxylation is 1. The molecule has 1 saturated carbocycles. The SMILES string of the molecule is Cc1ccc(-c2ccc(S(C)(=O)=O)cc2CS(=O)(=O)c2cc(C(=O)O)ccc2C2CC2)s1. The highest BCUT2D eigenvalue weighted by molar-refractivity contribution is 7.91. The molecule has 9 heteroatoms. The van der Waals surface area contributed by atoms with E-state index in [4.69, 9.17) is 0 Å². The topological polar surface area (TPSA) is 106 Å². The molecule has 0 amide bonds. The third-order valence-electron chi connectivity index (χ3n) is 5.47. The highest BCUT2D eigenvalue weighted by Gasteiger charge is 2.32. The van der Waals surface area contributed by atoms with Gasteiger partial charge in [-0.15, -0.1) is 11.3 Å². The first-order valence-electron chi connectivity index (χ1n) is 9.95. The van der Waals surface area contributed by atoms with Gasteiger partial charge < -0.3 is 5.11 Å². The van der Waals surface area contributed by atoms with Crippen molar-refractivity contribution in [3.8, 4) is 10.4 Å². The monoisotopic (exact) mass is 490 g/mol.